The van der Waals surface area contributed by atoms with Gasteiger partial charge < -0.3 is 23.1 Å². The summed E-state index contributed by atoms with van der Waals surface area (Å²) in [7, 11) is 2.79. The van der Waals surface area contributed by atoms with Crippen LogP contribution in [-0.4, -0.2) is 59.2 Å². The number of carbonyl (C=O) groups excluding carboxylic acids is 2. The van der Waals surface area contributed by atoms with E-state index in [0.717, 1.165) is 11.9 Å². The molecule has 0 N–H and O–H groups in total. The van der Waals surface area contributed by atoms with E-state index in [2.05, 4.69) is 6.58 Å². The SMILES string of the molecule is [3H]BSOCC(C)(C)[C@]1(OC)OC(CC=C)C/C(=C\C(=O)OC)[C@@H]1OC(=O)CC. The molecule has 7 nitrogen and oxygen atoms in total. The summed E-state index contributed by atoms with van der Waals surface area (Å²) in [6, 6.07) is 0. The van der Waals surface area contributed by atoms with Gasteiger partial charge in [0.05, 0.1) is 19.8 Å². The van der Waals surface area contributed by atoms with Crippen LogP contribution in [0.2, 0.25) is 0 Å². The van der Waals surface area contributed by atoms with Gasteiger partial charge in [-0.15, -0.1) is 6.58 Å². The molecule has 0 saturated carbocycles. The third kappa shape index (κ3) is 5.62. The molecule has 3 atom stereocenters. The van der Waals surface area contributed by atoms with Crippen LogP contribution in [0.5, 0.6) is 0 Å². The van der Waals surface area contributed by atoms with E-state index < -0.39 is 29.2 Å². The lowest BCUT2D eigenvalue weighted by Crippen LogP contribution is -2.64. The van der Waals surface area contributed by atoms with Gasteiger partial charge in [-0.05, 0) is 19.8 Å². The van der Waals surface area contributed by atoms with E-state index in [-0.39, 0.29) is 26.2 Å². The number of esters is 2. The minimum absolute atomic E-state index is 0.0394. The van der Waals surface area contributed by atoms with Crippen LogP contribution < -0.4 is 0 Å². The van der Waals surface area contributed by atoms with E-state index >= 15 is 0 Å². The highest BCUT2D eigenvalue weighted by atomic mass is 32.2. The molecular formula is C19H31BO7S. The van der Waals surface area contributed by atoms with Crippen molar-refractivity contribution < 1.29 is 32.7 Å². The second kappa shape index (κ2) is 11.0. The van der Waals surface area contributed by atoms with E-state index in [4.69, 9.17) is 24.5 Å². The van der Waals surface area contributed by atoms with Crippen molar-refractivity contribution in [2.24, 2.45) is 5.41 Å². The highest BCUT2D eigenvalue weighted by Gasteiger charge is 2.59. The fraction of sp³-hybridized carbons (Fsp3) is 0.684. The number of hydrogen-bond donors (Lipinski definition) is 0. The summed E-state index contributed by atoms with van der Waals surface area (Å²) in [5.74, 6) is -2.43. The van der Waals surface area contributed by atoms with E-state index in [0.29, 0.717) is 18.4 Å². The maximum absolute atomic E-state index is 12.2. The van der Waals surface area contributed by atoms with Crippen LogP contribution in [-0.2, 0) is 32.7 Å². The van der Waals surface area contributed by atoms with Gasteiger partial charge in [-0.2, -0.15) is 0 Å². The zero-order valence-electron chi connectivity index (χ0n) is 18.3. The van der Waals surface area contributed by atoms with Crippen LogP contribution >= 0.6 is 11.9 Å². The Bertz CT molecular complexity index is 613. The van der Waals surface area contributed by atoms with Gasteiger partial charge in [-0.25, -0.2) is 4.79 Å². The van der Waals surface area contributed by atoms with Crippen LogP contribution in [0, 0.1) is 5.41 Å². The average molecular weight is 416 g/mol. The van der Waals surface area contributed by atoms with Crippen LogP contribution in [0.4, 0.5) is 0 Å². The third-order valence-corrected chi connectivity index (χ3v) is 4.99. The molecule has 0 aromatic heterocycles. The van der Waals surface area contributed by atoms with Crippen molar-refractivity contribution in [3.8, 4) is 0 Å². The van der Waals surface area contributed by atoms with Crippen LogP contribution in [0.25, 0.3) is 0 Å². The molecule has 9 heteroatoms. The topological polar surface area (TPSA) is 80.3 Å². The summed E-state index contributed by atoms with van der Waals surface area (Å²) in [6.45, 7) is 9.34. The summed E-state index contributed by atoms with van der Waals surface area (Å²) in [5, 5.41) is 0. The molecular weight excluding hydrogens is 383 g/mol. The van der Waals surface area contributed by atoms with Crippen molar-refractivity contribution in [3.63, 3.8) is 0 Å². The highest BCUT2D eigenvalue weighted by Crippen LogP contribution is 2.48. The van der Waals surface area contributed by atoms with Crippen LogP contribution in [0.15, 0.2) is 24.3 Å². The van der Waals surface area contributed by atoms with E-state index in [9.17, 15) is 9.59 Å². The number of ether oxygens (including phenoxy) is 4. The number of carbonyl (C=O) groups is 2. The molecule has 1 saturated heterocycles. The summed E-state index contributed by atoms with van der Waals surface area (Å²) < 4.78 is 35.6. The fourth-order valence-electron chi connectivity index (χ4n) is 3.23. The van der Waals surface area contributed by atoms with Crippen molar-refractivity contribution in [1.82, 2.24) is 0 Å². The Morgan fingerprint density at radius 3 is 2.75 bits per heavy atom. The summed E-state index contributed by atoms with van der Waals surface area (Å²) in [5.41, 5.74) is -0.266. The lowest BCUT2D eigenvalue weighted by molar-refractivity contribution is -0.347. The largest absolute Gasteiger partial charge is 0.466 e. The minimum Gasteiger partial charge on any atom is -0.466 e. The molecule has 0 aliphatic carbocycles. The molecule has 1 fully saturated rings. The maximum Gasteiger partial charge on any atom is 0.330 e. The third-order valence-electron chi connectivity index (χ3n) is 4.71. The van der Waals surface area contributed by atoms with Crippen LogP contribution in [0.3, 0.4) is 0 Å². The first kappa shape index (κ1) is 23.0. The second-order valence-electron chi connectivity index (χ2n) is 7.07. The van der Waals surface area contributed by atoms with E-state index in [1.807, 2.05) is 13.8 Å². The van der Waals surface area contributed by atoms with Crippen molar-refractivity contribution in [2.45, 2.75) is 58.0 Å². The summed E-state index contributed by atoms with van der Waals surface area (Å²) >= 11 is 0.997. The monoisotopic (exact) mass is 416 g/mol. The molecule has 1 aliphatic heterocycles. The van der Waals surface area contributed by atoms with E-state index in [1.54, 1.807) is 13.0 Å². The molecule has 1 rings (SSSR count). The quantitative estimate of drug-likeness (QED) is 0.127. The van der Waals surface area contributed by atoms with Crippen molar-refractivity contribution >= 4 is 30.9 Å². The van der Waals surface area contributed by atoms with Gasteiger partial charge in [-0.1, -0.05) is 38.7 Å². The molecule has 1 aliphatic rings. The molecule has 28 heavy (non-hydrogen) atoms. The Hall–Kier alpha value is -1.29. The summed E-state index contributed by atoms with van der Waals surface area (Å²) in [4.78, 5) is 24.2. The maximum atomic E-state index is 12.2. The van der Waals surface area contributed by atoms with Gasteiger partial charge >= 0.3 is 11.9 Å². The lowest BCUT2D eigenvalue weighted by atomic mass is 9.75. The molecule has 0 aromatic carbocycles. The highest BCUT2D eigenvalue weighted by molar-refractivity contribution is 8.15. The molecule has 0 spiro atoms. The molecule has 0 bridgehead atoms. The Morgan fingerprint density at radius 2 is 2.21 bits per heavy atom. The average Bonchev–Trinajstić information content (AvgIpc) is 2.69. The Labute approximate surface area is 174 Å². The Kier molecular flexibility index (Phi) is 9.07. The zero-order chi connectivity index (χ0) is 22.1. The zero-order valence-corrected chi connectivity index (χ0v) is 18.1. The molecule has 0 amide bonds. The number of hydrogen-bond acceptors (Lipinski definition) is 8. The molecule has 158 valence electrons. The Morgan fingerprint density at radius 1 is 1.50 bits per heavy atom. The van der Waals surface area contributed by atoms with Gasteiger partial charge in [0.2, 0.25) is 12.9 Å². The molecule has 0 radical (unpaired) electrons. The first-order chi connectivity index (χ1) is 13.7. The normalized spacial score (nSPS) is 27.0. The standard InChI is InChI=1S/C19H31BO7S/c1-7-9-14-10-13(11-16(22)23-5)17(26-15(21)8-2)19(24-6,27-14)18(3,4)12-25-28-20/h7,11,14,17H,1,8-10,12,20H2,2-6H3/b13-11+/t14?,17-,19+/m0/s1/i20T. The van der Waals surface area contributed by atoms with Gasteiger partial charge in [0.25, 0.3) is 0 Å². The number of rotatable bonds is 11. The predicted octanol–water partition coefficient (Wildman–Crippen LogP) is 2.35. The van der Waals surface area contributed by atoms with E-state index in [1.165, 1.54) is 20.3 Å². The van der Waals surface area contributed by atoms with Crippen LogP contribution in [0.1, 0.15) is 40.0 Å². The minimum atomic E-state index is -1.42. The van der Waals surface area contributed by atoms with Gasteiger partial charge in [0.1, 0.15) is 0 Å². The fourth-order valence-corrected chi connectivity index (χ4v) is 3.61. The molecule has 1 unspecified atom stereocenters. The van der Waals surface area contributed by atoms with Gasteiger partial charge in [-0.3, -0.25) is 4.79 Å². The smallest absolute Gasteiger partial charge is 0.330 e. The van der Waals surface area contributed by atoms with Gasteiger partial charge in [0.15, 0.2) is 6.10 Å². The lowest BCUT2D eigenvalue weighted by Gasteiger charge is -2.53. The first-order valence-corrected chi connectivity index (χ1v) is 9.97. The second-order valence-corrected chi connectivity index (χ2v) is 7.54. The molecule has 1 heterocycles. The Balaban J connectivity index is 3.51. The van der Waals surface area contributed by atoms with Crippen molar-refractivity contribution in [1.29, 1.82) is 1.34 Å². The predicted molar refractivity (Wildman–Crippen MR) is 110 cm³/mol. The van der Waals surface area contributed by atoms with Crippen molar-refractivity contribution in [2.75, 3.05) is 20.8 Å². The molecule has 0 aromatic rings. The number of methoxy groups -OCH3 is 2. The van der Waals surface area contributed by atoms with Crippen molar-refractivity contribution in [3.05, 3.63) is 24.3 Å². The van der Waals surface area contributed by atoms with Gasteiger partial charge in [0, 0.05) is 25.0 Å². The summed E-state index contributed by atoms with van der Waals surface area (Å²) in [6.07, 6.45) is 2.75. The first-order valence-electron chi connectivity index (χ1n) is 9.77.